The maximum Gasteiger partial charge on any atom is 0.0715 e. The summed E-state index contributed by atoms with van der Waals surface area (Å²) in [6, 6.07) is 0. The Hall–Kier alpha value is -0.0800. The molecule has 1 aliphatic carbocycles. The summed E-state index contributed by atoms with van der Waals surface area (Å²) in [6.07, 6.45) is 8.36. The highest BCUT2D eigenvalue weighted by molar-refractivity contribution is 4.90. The summed E-state index contributed by atoms with van der Waals surface area (Å²) in [5, 5.41) is 10.2. The van der Waals surface area contributed by atoms with Gasteiger partial charge in [0.05, 0.1) is 6.10 Å². The Morgan fingerprint density at radius 2 is 1.59 bits per heavy atom. The van der Waals surface area contributed by atoms with Crippen molar-refractivity contribution in [2.24, 2.45) is 10.8 Å². The molecule has 1 heterocycles. The Labute approximate surface area is 106 Å². The molecule has 1 N–H and O–H groups in total. The lowest BCUT2D eigenvalue weighted by Gasteiger charge is -2.41. The summed E-state index contributed by atoms with van der Waals surface area (Å²) >= 11 is 0. The van der Waals surface area contributed by atoms with Crippen LogP contribution in [0.4, 0.5) is 0 Å². The van der Waals surface area contributed by atoms with Gasteiger partial charge in [-0.1, -0.05) is 33.6 Å². The fraction of sp³-hybridized carbons (Fsp3) is 1.00. The molecule has 2 rings (SSSR count). The highest BCUT2D eigenvalue weighted by Gasteiger charge is 2.37. The van der Waals surface area contributed by atoms with Gasteiger partial charge < -0.3 is 10.0 Å². The molecule has 0 aromatic carbocycles. The number of β-amino-alcohol motifs (C(OH)–C–C–N with tert-alkyl or cyclic N) is 1. The zero-order valence-electron chi connectivity index (χ0n) is 11.8. The first-order valence-corrected chi connectivity index (χ1v) is 7.32. The molecule has 0 aromatic rings. The van der Waals surface area contributed by atoms with Crippen LogP contribution in [-0.2, 0) is 0 Å². The van der Waals surface area contributed by atoms with Gasteiger partial charge >= 0.3 is 0 Å². The van der Waals surface area contributed by atoms with Crippen LogP contribution in [0, 0.1) is 10.8 Å². The van der Waals surface area contributed by atoms with Crippen LogP contribution in [0.2, 0.25) is 0 Å². The van der Waals surface area contributed by atoms with E-state index in [0.717, 1.165) is 6.54 Å². The van der Waals surface area contributed by atoms with E-state index in [0.29, 0.717) is 5.41 Å². The van der Waals surface area contributed by atoms with Crippen LogP contribution >= 0.6 is 0 Å². The first kappa shape index (κ1) is 13.4. The summed E-state index contributed by atoms with van der Waals surface area (Å²) < 4.78 is 0. The van der Waals surface area contributed by atoms with E-state index in [1.54, 1.807) is 0 Å². The maximum atomic E-state index is 10.2. The Balaban J connectivity index is 1.79. The minimum absolute atomic E-state index is 0.0164. The molecule has 1 saturated heterocycles. The van der Waals surface area contributed by atoms with E-state index in [9.17, 15) is 5.11 Å². The summed E-state index contributed by atoms with van der Waals surface area (Å²) in [4.78, 5) is 2.47. The minimum atomic E-state index is -0.194. The van der Waals surface area contributed by atoms with Gasteiger partial charge in [-0.2, -0.15) is 0 Å². The molecule has 2 aliphatic rings. The van der Waals surface area contributed by atoms with Gasteiger partial charge in [0.15, 0.2) is 0 Å². The van der Waals surface area contributed by atoms with Crippen LogP contribution in [0.3, 0.4) is 0 Å². The van der Waals surface area contributed by atoms with Crippen molar-refractivity contribution < 1.29 is 5.11 Å². The van der Waals surface area contributed by atoms with Crippen LogP contribution in [0.25, 0.3) is 0 Å². The van der Waals surface area contributed by atoms with Crippen molar-refractivity contribution in [2.75, 3.05) is 19.6 Å². The summed E-state index contributed by atoms with van der Waals surface area (Å²) in [7, 11) is 0. The molecule has 0 aromatic heterocycles. The largest absolute Gasteiger partial charge is 0.391 e. The van der Waals surface area contributed by atoms with Crippen LogP contribution in [0.1, 0.15) is 59.3 Å². The zero-order chi connectivity index (χ0) is 12.5. The Morgan fingerprint density at radius 1 is 1.06 bits per heavy atom. The number of aliphatic hydroxyl groups is 1. The molecule has 0 bridgehead atoms. The highest BCUT2D eigenvalue weighted by Crippen LogP contribution is 2.46. The lowest BCUT2D eigenvalue weighted by atomic mass is 9.77. The van der Waals surface area contributed by atoms with Crippen molar-refractivity contribution in [3.63, 3.8) is 0 Å². The predicted octanol–water partition coefficient (Wildman–Crippen LogP) is 3.05. The first-order valence-electron chi connectivity index (χ1n) is 7.32. The van der Waals surface area contributed by atoms with E-state index in [2.05, 4.69) is 25.7 Å². The van der Waals surface area contributed by atoms with Crippen LogP contribution in [-0.4, -0.2) is 35.7 Å². The van der Waals surface area contributed by atoms with Gasteiger partial charge in [-0.05, 0) is 49.6 Å². The molecule has 1 spiro atoms. The van der Waals surface area contributed by atoms with E-state index >= 15 is 0 Å². The molecule has 17 heavy (non-hydrogen) atoms. The predicted molar refractivity (Wildman–Crippen MR) is 72.0 cm³/mol. The molecule has 2 heteroatoms. The number of hydrogen-bond donors (Lipinski definition) is 1. The van der Waals surface area contributed by atoms with Crippen LogP contribution in [0.15, 0.2) is 0 Å². The van der Waals surface area contributed by atoms with Crippen molar-refractivity contribution in [1.29, 1.82) is 0 Å². The molecule has 1 aliphatic heterocycles. The molecule has 1 saturated carbocycles. The van der Waals surface area contributed by atoms with E-state index in [-0.39, 0.29) is 11.5 Å². The summed E-state index contributed by atoms with van der Waals surface area (Å²) in [5.41, 5.74) is 0.714. The average Bonchev–Trinajstić information content (AvgIpc) is 2.69. The zero-order valence-corrected chi connectivity index (χ0v) is 11.8. The van der Waals surface area contributed by atoms with Gasteiger partial charge in [0.2, 0.25) is 0 Å². The Kier molecular flexibility index (Phi) is 3.84. The fourth-order valence-corrected chi connectivity index (χ4v) is 3.35. The number of likely N-dealkylation sites (tertiary alicyclic amines) is 1. The maximum absolute atomic E-state index is 10.2. The standard InChI is InChI=1S/C15H29NO/c1-14(2,3)13(17)12-16-10-8-15(9-11-16)6-4-5-7-15/h13,17H,4-12H2,1-3H3. The second-order valence-corrected chi connectivity index (χ2v) is 7.39. The number of nitrogens with zero attached hydrogens (tertiary/aromatic N) is 1. The summed E-state index contributed by atoms with van der Waals surface area (Å²) in [6.45, 7) is 9.64. The minimum Gasteiger partial charge on any atom is -0.391 e. The molecule has 1 atom stereocenters. The van der Waals surface area contributed by atoms with Crippen molar-refractivity contribution in [3.05, 3.63) is 0 Å². The molecular weight excluding hydrogens is 210 g/mol. The van der Waals surface area contributed by atoms with E-state index in [4.69, 9.17) is 0 Å². The number of piperidine rings is 1. The van der Waals surface area contributed by atoms with Gasteiger partial charge in [0, 0.05) is 6.54 Å². The monoisotopic (exact) mass is 239 g/mol. The van der Waals surface area contributed by atoms with Gasteiger partial charge in [0.1, 0.15) is 0 Å². The van der Waals surface area contributed by atoms with Gasteiger partial charge in [0.25, 0.3) is 0 Å². The summed E-state index contributed by atoms with van der Waals surface area (Å²) in [5.74, 6) is 0. The molecule has 100 valence electrons. The topological polar surface area (TPSA) is 23.5 Å². The number of aliphatic hydroxyl groups excluding tert-OH is 1. The lowest BCUT2D eigenvalue weighted by Crippen LogP contribution is -2.45. The number of rotatable bonds is 2. The van der Waals surface area contributed by atoms with Crippen molar-refractivity contribution in [1.82, 2.24) is 4.90 Å². The molecule has 2 fully saturated rings. The second kappa shape index (κ2) is 4.89. The number of hydrogen-bond acceptors (Lipinski definition) is 2. The fourth-order valence-electron chi connectivity index (χ4n) is 3.35. The van der Waals surface area contributed by atoms with Gasteiger partial charge in [-0.3, -0.25) is 0 Å². The molecule has 0 radical (unpaired) electrons. The Morgan fingerprint density at radius 3 is 2.06 bits per heavy atom. The lowest BCUT2D eigenvalue weighted by molar-refractivity contribution is 0.00786. The third-order valence-corrected chi connectivity index (χ3v) is 5.01. The molecule has 1 unspecified atom stereocenters. The SMILES string of the molecule is CC(C)(C)C(O)CN1CCC2(CCCC2)CC1. The Bertz CT molecular complexity index is 240. The third-order valence-electron chi connectivity index (χ3n) is 5.01. The normalized spacial score (nSPS) is 27.5. The highest BCUT2D eigenvalue weighted by atomic mass is 16.3. The third kappa shape index (κ3) is 3.23. The van der Waals surface area contributed by atoms with Crippen molar-refractivity contribution in [3.8, 4) is 0 Å². The van der Waals surface area contributed by atoms with E-state index in [1.807, 2.05) is 0 Å². The van der Waals surface area contributed by atoms with E-state index in [1.165, 1.54) is 51.6 Å². The molecule has 2 nitrogen and oxygen atoms in total. The average molecular weight is 239 g/mol. The quantitative estimate of drug-likeness (QED) is 0.800. The van der Waals surface area contributed by atoms with Crippen molar-refractivity contribution in [2.45, 2.75) is 65.4 Å². The van der Waals surface area contributed by atoms with Crippen molar-refractivity contribution >= 4 is 0 Å². The smallest absolute Gasteiger partial charge is 0.0715 e. The van der Waals surface area contributed by atoms with Gasteiger partial charge in [-0.15, -0.1) is 0 Å². The van der Waals surface area contributed by atoms with Crippen LogP contribution < -0.4 is 0 Å². The van der Waals surface area contributed by atoms with E-state index < -0.39 is 0 Å². The second-order valence-electron chi connectivity index (χ2n) is 7.39. The van der Waals surface area contributed by atoms with Crippen LogP contribution in [0.5, 0.6) is 0 Å². The van der Waals surface area contributed by atoms with Gasteiger partial charge in [-0.25, -0.2) is 0 Å². The first-order chi connectivity index (χ1) is 7.91. The molecular formula is C15H29NO. The molecule has 0 amide bonds.